The van der Waals surface area contributed by atoms with Crippen LogP contribution < -0.4 is 10.1 Å². The molecule has 0 aliphatic heterocycles. The van der Waals surface area contributed by atoms with Gasteiger partial charge in [-0.3, -0.25) is 9.48 Å². The molecule has 3 aromatic rings. The van der Waals surface area contributed by atoms with Gasteiger partial charge in [-0.15, -0.1) is 0 Å². The summed E-state index contributed by atoms with van der Waals surface area (Å²) in [7, 11) is 1.48. The summed E-state index contributed by atoms with van der Waals surface area (Å²) in [5, 5.41) is 7.13. The van der Waals surface area contributed by atoms with E-state index in [-0.39, 0.29) is 11.6 Å². The number of halogens is 1. The molecule has 0 unspecified atom stereocenters. The van der Waals surface area contributed by atoms with Crippen molar-refractivity contribution < 1.29 is 13.9 Å². The lowest BCUT2D eigenvalue weighted by Crippen LogP contribution is -2.13. The fourth-order valence-electron chi connectivity index (χ4n) is 2.73. The molecule has 1 N–H and O–H groups in total. The van der Waals surface area contributed by atoms with Crippen molar-refractivity contribution in [3.8, 4) is 17.0 Å². The van der Waals surface area contributed by atoms with Crippen molar-refractivity contribution in [2.45, 2.75) is 20.4 Å². The normalized spacial score (nSPS) is 10.6. The number of nitrogens with one attached hydrogen (secondary N) is 1. The first-order valence-corrected chi connectivity index (χ1v) is 8.31. The molecule has 0 radical (unpaired) electrons. The van der Waals surface area contributed by atoms with Gasteiger partial charge in [0.1, 0.15) is 11.6 Å². The zero-order valence-electron chi connectivity index (χ0n) is 14.9. The number of anilines is 1. The highest BCUT2D eigenvalue weighted by Crippen LogP contribution is 2.27. The highest BCUT2D eigenvalue weighted by Gasteiger charge is 2.18. The number of nitrogens with zero attached hydrogens (tertiary/aromatic N) is 2. The summed E-state index contributed by atoms with van der Waals surface area (Å²) in [4.78, 5) is 12.5. The van der Waals surface area contributed by atoms with E-state index >= 15 is 0 Å². The van der Waals surface area contributed by atoms with Crippen LogP contribution in [0.4, 0.5) is 10.1 Å². The van der Waals surface area contributed by atoms with E-state index in [0.29, 0.717) is 29.2 Å². The smallest absolute Gasteiger partial charge is 0.276 e. The first-order valence-electron chi connectivity index (χ1n) is 8.31. The largest absolute Gasteiger partial charge is 0.497 e. The highest BCUT2D eigenvalue weighted by molar-refractivity contribution is 6.03. The second-order valence-electron chi connectivity index (χ2n) is 5.90. The standard InChI is InChI=1S/C20H20FN3O2/c1-4-24-19(16-9-8-15(26-3)11-17(16)21)12-18(23-24)20(25)22-14-7-5-6-13(2)10-14/h5-12H,4H2,1-3H3,(H,22,25). The van der Waals surface area contributed by atoms with Crippen molar-refractivity contribution in [3.05, 3.63) is 65.6 Å². The first kappa shape index (κ1) is 17.7. The molecule has 0 aliphatic rings. The van der Waals surface area contributed by atoms with Crippen molar-refractivity contribution in [2.24, 2.45) is 0 Å². The van der Waals surface area contributed by atoms with E-state index in [1.54, 1.807) is 22.9 Å². The predicted molar refractivity (Wildman–Crippen MR) is 99.0 cm³/mol. The van der Waals surface area contributed by atoms with Crippen LogP contribution in [0.25, 0.3) is 11.3 Å². The Morgan fingerprint density at radius 2 is 2.04 bits per heavy atom. The molecule has 134 valence electrons. The quantitative estimate of drug-likeness (QED) is 0.745. The van der Waals surface area contributed by atoms with Crippen molar-refractivity contribution >= 4 is 11.6 Å². The van der Waals surface area contributed by atoms with Crippen LogP contribution in [0.3, 0.4) is 0 Å². The molecule has 1 heterocycles. The minimum atomic E-state index is -0.426. The summed E-state index contributed by atoms with van der Waals surface area (Å²) >= 11 is 0. The van der Waals surface area contributed by atoms with Crippen LogP contribution in [0, 0.1) is 12.7 Å². The van der Waals surface area contributed by atoms with Gasteiger partial charge in [-0.2, -0.15) is 5.10 Å². The zero-order chi connectivity index (χ0) is 18.7. The van der Waals surface area contributed by atoms with E-state index in [4.69, 9.17) is 4.74 Å². The monoisotopic (exact) mass is 353 g/mol. The van der Waals surface area contributed by atoms with E-state index in [0.717, 1.165) is 5.56 Å². The van der Waals surface area contributed by atoms with Crippen LogP contribution in [-0.2, 0) is 6.54 Å². The molecule has 6 heteroatoms. The number of carbonyl (C=O) groups is 1. The third-order valence-corrected chi connectivity index (χ3v) is 4.04. The molecule has 1 aromatic heterocycles. The predicted octanol–water partition coefficient (Wildman–Crippen LogP) is 4.28. The summed E-state index contributed by atoms with van der Waals surface area (Å²) in [5.74, 6) is -0.325. The average molecular weight is 353 g/mol. The van der Waals surface area contributed by atoms with Crippen molar-refractivity contribution in [3.63, 3.8) is 0 Å². The Hall–Kier alpha value is -3.15. The van der Waals surface area contributed by atoms with E-state index in [1.807, 2.05) is 38.1 Å². The lowest BCUT2D eigenvalue weighted by Gasteiger charge is -2.07. The molecule has 3 rings (SSSR count). The maximum Gasteiger partial charge on any atom is 0.276 e. The summed E-state index contributed by atoms with van der Waals surface area (Å²) in [6.45, 7) is 4.35. The number of hydrogen-bond acceptors (Lipinski definition) is 3. The van der Waals surface area contributed by atoms with Crippen molar-refractivity contribution in [1.29, 1.82) is 0 Å². The summed E-state index contributed by atoms with van der Waals surface area (Å²) in [6.07, 6.45) is 0. The molecule has 0 atom stereocenters. The molecule has 5 nitrogen and oxygen atoms in total. The minimum absolute atomic E-state index is 0.235. The second kappa shape index (κ2) is 7.39. The maximum absolute atomic E-state index is 14.4. The van der Waals surface area contributed by atoms with Crippen molar-refractivity contribution in [1.82, 2.24) is 9.78 Å². The van der Waals surface area contributed by atoms with Gasteiger partial charge in [0, 0.05) is 23.9 Å². The summed E-state index contributed by atoms with van der Waals surface area (Å²) in [6, 6.07) is 13.7. The van der Waals surface area contributed by atoms with E-state index in [9.17, 15) is 9.18 Å². The maximum atomic E-state index is 14.4. The number of aromatic nitrogens is 2. The van der Waals surface area contributed by atoms with Gasteiger partial charge in [0.15, 0.2) is 5.69 Å². The van der Waals surface area contributed by atoms with E-state index < -0.39 is 5.82 Å². The molecule has 1 amide bonds. The Morgan fingerprint density at radius 1 is 1.23 bits per heavy atom. The highest BCUT2D eigenvalue weighted by atomic mass is 19.1. The molecular formula is C20H20FN3O2. The fourth-order valence-corrected chi connectivity index (χ4v) is 2.73. The molecule has 26 heavy (non-hydrogen) atoms. The third kappa shape index (κ3) is 3.59. The summed E-state index contributed by atoms with van der Waals surface area (Å²) in [5.41, 5.74) is 2.89. The Kier molecular flexibility index (Phi) is 5.02. The average Bonchev–Trinajstić information content (AvgIpc) is 3.06. The number of ether oxygens (including phenoxy) is 1. The van der Waals surface area contributed by atoms with Crippen LogP contribution in [0.15, 0.2) is 48.5 Å². The first-order chi connectivity index (χ1) is 12.5. The molecule has 0 bridgehead atoms. The molecule has 0 saturated carbocycles. The third-order valence-electron chi connectivity index (χ3n) is 4.04. The number of aryl methyl sites for hydroxylation is 2. The van der Waals surface area contributed by atoms with Crippen LogP contribution >= 0.6 is 0 Å². The fraction of sp³-hybridized carbons (Fsp3) is 0.200. The number of methoxy groups -OCH3 is 1. The Morgan fingerprint density at radius 3 is 2.69 bits per heavy atom. The van der Waals surface area contributed by atoms with Gasteiger partial charge in [-0.05, 0) is 49.7 Å². The van der Waals surface area contributed by atoms with Gasteiger partial charge in [-0.1, -0.05) is 12.1 Å². The van der Waals surface area contributed by atoms with E-state index in [2.05, 4.69) is 10.4 Å². The Bertz CT molecular complexity index is 950. The molecule has 2 aromatic carbocycles. The lowest BCUT2D eigenvalue weighted by atomic mass is 10.1. The van der Waals surface area contributed by atoms with Gasteiger partial charge in [-0.25, -0.2) is 4.39 Å². The van der Waals surface area contributed by atoms with Gasteiger partial charge in [0.05, 0.1) is 12.8 Å². The Balaban J connectivity index is 1.92. The van der Waals surface area contributed by atoms with Gasteiger partial charge < -0.3 is 10.1 Å². The second-order valence-corrected chi connectivity index (χ2v) is 5.90. The van der Waals surface area contributed by atoms with Crippen LogP contribution in [-0.4, -0.2) is 22.8 Å². The molecule has 0 saturated heterocycles. The van der Waals surface area contributed by atoms with Crippen molar-refractivity contribution in [2.75, 3.05) is 12.4 Å². The summed E-state index contributed by atoms with van der Waals surface area (Å²) < 4.78 is 21.1. The molecular weight excluding hydrogens is 333 g/mol. The van der Waals surface area contributed by atoms with Crippen LogP contribution in [0.1, 0.15) is 23.0 Å². The van der Waals surface area contributed by atoms with E-state index in [1.165, 1.54) is 13.2 Å². The van der Waals surface area contributed by atoms with Crippen LogP contribution in [0.2, 0.25) is 0 Å². The molecule has 0 aliphatic carbocycles. The molecule has 0 fully saturated rings. The number of benzene rings is 2. The zero-order valence-corrected chi connectivity index (χ0v) is 14.9. The van der Waals surface area contributed by atoms with Gasteiger partial charge in [0.25, 0.3) is 5.91 Å². The molecule has 0 spiro atoms. The Labute approximate surface area is 151 Å². The van der Waals surface area contributed by atoms with Gasteiger partial charge in [0.2, 0.25) is 0 Å². The minimum Gasteiger partial charge on any atom is -0.497 e. The number of hydrogen-bond donors (Lipinski definition) is 1. The number of rotatable bonds is 5. The lowest BCUT2D eigenvalue weighted by molar-refractivity contribution is 0.102. The topological polar surface area (TPSA) is 56.2 Å². The number of amides is 1. The SMILES string of the molecule is CCn1nc(C(=O)Nc2cccc(C)c2)cc1-c1ccc(OC)cc1F. The van der Waals surface area contributed by atoms with Gasteiger partial charge >= 0.3 is 0 Å². The number of carbonyl (C=O) groups excluding carboxylic acids is 1. The van der Waals surface area contributed by atoms with Crippen LogP contribution in [0.5, 0.6) is 5.75 Å².